The number of aryl methyl sites for hydroxylation is 1. The number of amides is 2. The molecular formula is C53H77N3O7S. The Morgan fingerprint density at radius 1 is 0.812 bits per heavy atom. The Bertz CT molecular complexity index is 1930. The number of methoxy groups -OCH3 is 2. The van der Waals surface area contributed by atoms with Gasteiger partial charge in [-0.15, -0.1) is 11.3 Å². The number of Topliss-reactive ketones (excluding diaryl/α,β-unsaturated/α-hetero) is 3. The summed E-state index contributed by atoms with van der Waals surface area (Å²) in [5.41, 5.74) is 2.74. The first kappa shape index (κ1) is 52.6. The molecule has 1 aromatic heterocycles. The van der Waals surface area contributed by atoms with Crippen molar-refractivity contribution in [3.8, 4) is 0 Å². The summed E-state index contributed by atoms with van der Waals surface area (Å²) < 4.78 is 12.2. The van der Waals surface area contributed by atoms with Gasteiger partial charge in [-0.3, -0.25) is 24.0 Å². The summed E-state index contributed by atoms with van der Waals surface area (Å²) in [7, 11) is 5.00. The lowest BCUT2D eigenvalue weighted by Gasteiger charge is -2.41. The summed E-state index contributed by atoms with van der Waals surface area (Å²) in [5.74, 6) is -1.31. The van der Waals surface area contributed by atoms with E-state index in [1.54, 1.807) is 26.2 Å². The predicted octanol–water partition coefficient (Wildman–Crippen LogP) is 10.1. The van der Waals surface area contributed by atoms with Crippen molar-refractivity contribution in [2.75, 3.05) is 27.8 Å². The summed E-state index contributed by atoms with van der Waals surface area (Å²) in [5, 5.41) is 2.60. The topological polar surface area (TPSA) is 123 Å². The maximum Gasteiger partial charge on any atom is 0.226 e. The third kappa shape index (κ3) is 14.2. The zero-order valence-corrected chi connectivity index (χ0v) is 41.4. The molecule has 352 valence electrons. The van der Waals surface area contributed by atoms with Gasteiger partial charge in [0.05, 0.1) is 35.7 Å². The lowest BCUT2D eigenvalue weighted by atomic mass is 9.82. The molecule has 4 rings (SSSR count). The molecule has 11 heteroatoms. The minimum Gasteiger partial charge on any atom is -0.379 e. The Labute approximate surface area is 388 Å². The van der Waals surface area contributed by atoms with Crippen LogP contribution in [0.2, 0.25) is 0 Å². The number of aromatic nitrogens is 1. The molecule has 1 aliphatic heterocycles. The Balaban J connectivity index is 1.49. The van der Waals surface area contributed by atoms with Gasteiger partial charge in [0, 0.05) is 76.1 Å². The summed E-state index contributed by atoms with van der Waals surface area (Å²) in [6, 6.07) is 19.5. The van der Waals surface area contributed by atoms with Crippen LogP contribution in [0, 0.1) is 35.5 Å². The van der Waals surface area contributed by atoms with E-state index in [1.807, 2.05) is 88.2 Å². The molecule has 0 radical (unpaired) electrons. The Morgan fingerprint density at radius 3 is 2.02 bits per heavy atom. The third-order valence-corrected chi connectivity index (χ3v) is 15.1. The maximum absolute atomic E-state index is 14.5. The minimum absolute atomic E-state index is 0.00876. The van der Waals surface area contributed by atoms with Crippen LogP contribution >= 0.6 is 11.3 Å². The Morgan fingerprint density at radius 2 is 1.44 bits per heavy atom. The van der Waals surface area contributed by atoms with Crippen LogP contribution in [0.1, 0.15) is 139 Å². The summed E-state index contributed by atoms with van der Waals surface area (Å²) in [4.78, 5) is 78.1. The number of benzene rings is 2. The normalized spacial score (nSPS) is 18.0. The van der Waals surface area contributed by atoms with E-state index in [0.717, 1.165) is 36.3 Å². The fraction of sp³-hybridized carbons (Fsp3) is 0.623. The van der Waals surface area contributed by atoms with Gasteiger partial charge in [0.1, 0.15) is 17.3 Å². The van der Waals surface area contributed by atoms with Crippen LogP contribution in [0.25, 0.3) is 0 Å². The number of likely N-dealkylation sites (N-methyl/N-ethyl adjacent to an activating group) is 1. The zero-order chi connectivity index (χ0) is 47.1. The van der Waals surface area contributed by atoms with E-state index in [0.29, 0.717) is 31.5 Å². The van der Waals surface area contributed by atoms with E-state index in [1.165, 1.54) is 16.9 Å². The van der Waals surface area contributed by atoms with Crippen LogP contribution in [-0.2, 0) is 41.5 Å². The number of thiazole rings is 1. The number of carbonyl (C=O) groups excluding carboxylic acids is 5. The van der Waals surface area contributed by atoms with Gasteiger partial charge >= 0.3 is 0 Å². The fourth-order valence-corrected chi connectivity index (χ4v) is 10.3. The highest BCUT2D eigenvalue weighted by Gasteiger charge is 2.43. The fourth-order valence-electron chi connectivity index (χ4n) is 9.39. The highest BCUT2D eigenvalue weighted by Crippen LogP contribution is 2.34. The van der Waals surface area contributed by atoms with E-state index in [9.17, 15) is 24.0 Å². The highest BCUT2D eigenvalue weighted by atomic mass is 32.1. The number of hydrogen-bond donors (Lipinski definition) is 0. The molecule has 3 aromatic rings. The molecule has 64 heavy (non-hydrogen) atoms. The molecule has 1 saturated heterocycles. The Hall–Kier alpha value is -4.06. The largest absolute Gasteiger partial charge is 0.379 e. The number of hydrogen-bond acceptors (Lipinski definition) is 9. The van der Waals surface area contributed by atoms with Crippen molar-refractivity contribution in [3.63, 3.8) is 0 Å². The molecule has 0 aliphatic carbocycles. The minimum atomic E-state index is -0.589. The summed E-state index contributed by atoms with van der Waals surface area (Å²) in [6.45, 7) is 16.6. The van der Waals surface area contributed by atoms with E-state index >= 15 is 0 Å². The molecule has 0 bridgehead atoms. The van der Waals surface area contributed by atoms with Gasteiger partial charge < -0.3 is 19.3 Å². The second-order valence-corrected chi connectivity index (χ2v) is 19.9. The van der Waals surface area contributed by atoms with Gasteiger partial charge in [-0.05, 0) is 61.0 Å². The number of rotatable bonds is 27. The Kier molecular flexibility index (Phi) is 21.0. The SMILES string of the molecule is CCC(C)C(C(CC(=O)N1CCCC1C(OC)C(C)C(=O)CC(Cc1ccccc1)c1nc(C(=O)CCCc2ccccc2)cs1)OC)N(C)C(=O)C(CC(=O)C(C)C(C)C)C(C)C. The van der Waals surface area contributed by atoms with Crippen LogP contribution in [-0.4, -0.2) is 96.1 Å². The van der Waals surface area contributed by atoms with Crippen LogP contribution < -0.4 is 0 Å². The summed E-state index contributed by atoms with van der Waals surface area (Å²) >= 11 is 1.44. The van der Waals surface area contributed by atoms with E-state index < -0.39 is 30.1 Å². The van der Waals surface area contributed by atoms with Crippen LogP contribution in [0.5, 0.6) is 0 Å². The molecular weight excluding hydrogens is 823 g/mol. The molecule has 2 heterocycles. The van der Waals surface area contributed by atoms with E-state index in [-0.39, 0.29) is 84.1 Å². The van der Waals surface area contributed by atoms with Gasteiger partial charge in [0.25, 0.3) is 0 Å². The van der Waals surface area contributed by atoms with Crippen LogP contribution in [0.15, 0.2) is 66.0 Å². The number of nitrogens with zero attached hydrogens (tertiary/aromatic N) is 3. The molecule has 2 amide bonds. The quantitative estimate of drug-likeness (QED) is 0.0694. The molecule has 0 saturated carbocycles. The van der Waals surface area contributed by atoms with Gasteiger partial charge in [0.2, 0.25) is 11.8 Å². The van der Waals surface area contributed by atoms with E-state index in [4.69, 9.17) is 14.5 Å². The summed E-state index contributed by atoms with van der Waals surface area (Å²) in [6.07, 6.45) is 4.12. The van der Waals surface area contributed by atoms with E-state index in [2.05, 4.69) is 38.1 Å². The second-order valence-electron chi connectivity index (χ2n) is 19.0. The number of carbonyl (C=O) groups is 5. The predicted molar refractivity (Wildman–Crippen MR) is 256 cm³/mol. The van der Waals surface area contributed by atoms with Crippen molar-refractivity contribution in [1.29, 1.82) is 0 Å². The third-order valence-electron chi connectivity index (χ3n) is 14.0. The van der Waals surface area contributed by atoms with Crippen LogP contribution in [0.4, 0.5) is 0 Å². The molecule has 9 atom stereocenters. The highest BCUT2D eigenvalue weighted by molar-refractivity contribution is 7.10. The lowest BCUT2D eigenvalue weighted by Crippen LogP contribution is -2.54. The first-order valence-corrected chi connectivity index (χ1v) is 24.6. The number of likely N-dealkylation sites (tertiary alicyclic amines) is 1. The number of ether oxygens (including phenoxy) is 2. The smallest absolute Gasteiger partial charge is 0.226 e. The average Bonchev–Trinajstić information content (AvgIpc) is 3.99. The molecule has 1 aliphatic rings. The van der Waals surface area contributed by atoms with Crippen molar-refractivity contribution >= 4 is 40.5 Å². The van der Waals surface area contributed by atoms with Gasteiger partial charge in [-0.25, -0.2) is 4.98 Å². The molecule has 10 nitrogen and oxygen atoms in total. The molecule has 9 unspecified atom stereocenters. The van der Waals surface area contributed by atoms with Crippen molar-refractivity contribution in [2.24, 2.45) is 35.5 Å². The molecule has 0 spiro atoms. The maximum atomic E-state index is 14.5. The number of ketones is 3. The van der Waals surface area contributed by atoms with Crippen molar-refractivity contribution < 1.29 is 33.4 Å². The van der Waals surface area contributed by atoms with Crippen molar-refractivity contribution in [3.05, 3.63) is 87.9 Å². The average molecular weight is 900 g/mol. The van der Waals surface area contributed by atoms with Gasteiger partial charge in [-0.1, -0.05) is 122 Å². The molecule has 1 fully saturated rings. The molecule has 0 N–H and O–H groups in total. The van der Waals surface area contributed by atoms with Crippen molar-refractivity contribution in [1.82, 2.24) is 14.8 Å². The van der Waals surface area contributed by atoms with Crippen molar-refractivity contribution in [2.45, 2.75) is 150 Å². The monoisotopic (exact) mass is 900 g/mol. The lowest BCUT2D eigenvalue weighted by molar-refractivity contribution is -0.149. The molecule has 2 aromatic carbocycles. The van der Waals surface area contributed by atoms with Gasteiger partial charge in [-0.2, -0.15) is 0 Å². The second kappa shape index (κ2) is 25.6. The zero-order valence-electron chi connectivity index (χ0n) is 40.6. The van der Waals surface area contributed by atoms with Gasteiger partial charge in [0.15, 0.2) is 5.78 Å². The van der Waals surface area contributed by atoms with Crippen LogP contribution in [0.3, 0.4) is 0 Å². The standard InChI is InChI=1S/C53H77N3O7S/c1-12-36(6)50(55(9)53(61)42(35(4)5)31-47(59)37(7)34(2)3)48(62-10)32-49(60)56-28-20-26-44(56)51(63-11)38(8)46(58)30-41(29-40-23-17-14-18-24-40)52-54-43(33-64-52)45(57)27-19-25-39-21-15-13-16-22-39/h13-18,21-24,33-38,41-42,44,48,50-51H,12,19-20,25-32H2,1-11H3. The first-order valence-electron chi connectivity index (χ1n) is 23.8. The first-order chi connectivity index (χ1) is 30.5.